The average molecular weight is 367 g/mol. The molecule has 0 radical (unpaired) electrons. The van der Waals surface area contributed by atoms with Crippen LogP contribution in [0.4, 0.5) is 20.3 Å². The highest BCUT2D eigenvalue weighted by atomic mass is 19.1. The van der Waals surface area contributed by atoms with Crippen LogP contribution in [0, 0.1) is 11.6 Å². The Morgan fingerprint density at radius 3 is 2.44 bits per heavy atom. The van der Waals surface area contributed by atoms with E-state index < -0.39 is 23.2 Å². The molecular formula is C21H19F2N3O. The molecule has 1 aromatic heterocycles. The summed E-state index contributed by atoms with van der Waals surface area (Å²) in [6, 6.07) is 16.6. The number of nitrogens with one attached hydrogen (secondary N) is 2. The highest BCUT2D eigenvalue weighted by Gasteiger charge is 2.13. The molecule has 0 aliphatic rings. The molecular weight excluding hydrogens is 348 g/mol. The summed E-state index contributed by atoms with van der Waals surface area (Å²) in [6.07, 6.45) is 3.31. The number of carbonyl (C=O) groups excluding carboxylic acids is 1. The van der Waals surface area contributed by atoms with Crippen molar-refractivity contribution in [3.63, 3.8) is 0 Å². The zero-order valence-corrected chi connectivity index (χ0v) is 14.6. The molecule has 4 nitrogen and oxygen atoms in total. The number of hydrogen-bond donors (Lipinski definition) is 2. The van der Waals surface area contributed by atoms with Crippen molar-refractivity contribution in [2.24, 2.45) is 0 Å². The third-order valence-electron chi connectivity index (χ3n) is 4.01. The van der Waals surface area contributed by atoms with E-state index in [1.165, 1.54) is 23.9 Å². The lowest BCUT2D eigenvalue weighted by Gasteiger charge is -2.09. The average Bonchev–Trinajstić information content (AvgIpc) is 2.69. The Morgan fingerprint density at radius 1 is 0.963 bits per heavy atom. The second-order valence-corrected chi connectivity index (χ2v) is 6.00. The van der Waals surface area contributed by atoms with Crippen LogP contribution in [-0.4, -0.2) is 17.4 Å². The molecule has 6 heteroatoms. The predicted molar refractivity (Wildman–Crippen MR) is 102 cm³/mol. The highest BCUT2D eigenvalue weighted by molar-refractivity contribution is 6.04. The van der Waals surface area contributed by atoms with Gasteiger partial charge in [0.1, 0.15) is 23.1 Å². The number of aromatic nitrogens is 1. The van der Waals surface area contributed by atoms with Gasteiger partial charge < -0.3 is 10.6 Å². The summed E-state index contributed by atoms with van der Waals surface area (Å²) in [5, 5.41) is 5.42. The number of carbonyl (C=O) groups is 1. The lowest BCUT2D eigenvalue weighted by molar-refractivity contribution is 0.102. The summed E-state index contributed by atoms with van der Waals surface area (Å²) in [6.45, 7) is 0.689. The summed E-state index contributed by atoms with van der Waals surface area (Å²) < 4.78 is 27.3. The standard InChI is InChI=1S/C21H19F2N3O/c22-17-9-4-10-18(23)20(17)26-21(27)16-11-13-25-19(14-16)24-12-5-8-15-6-2-1-3-7-15/h1-4,6-7,9-11,13-14H,5,8,12H2,(H,24,25)(H,26,27). The topological polar surface area (TPSA) is 54.0 Å². The Balaban J connectivity index is 1.57. The van der Waals surface area contributed by atoms with Crippen LogP contribution in [0.5, 0.6) is 0 Å². The molecule has 0 atom stereocenters. The first kappa shape index (κ1) is 18.5. The number of para-hydroxylation sites is 1. The van der Waals surface area contributed by atoms with Gasteiger partial charge in [0.2, 0.25) is 0 Å². The molecule has 1 heterocycles. The number of nitrogens with zero attached hydrogens (tertiary/aromatic N) is 1. The van der Waals surface area contributed by atoms with E-state index >= 15 is 0 Å². The van der Waals surface area contributed by atoms with Gasteiger partial charge in [-0.25, -0.2) is 13.8 Å². The van der Waals surface area contributed by atoms with E-state index in [0.717, 1.165) is 25.0 Å². The SMILES string of the molecule is O=C(Nc1c(F)cccc1F)c1ccnc(NCCCc2ccccc2)c1. The molecule has 0 saturated carbocycles. The molecule has 1 amide bonds. The largest absolute Gasteiger partial charge is 0.370 e. The van der Waals surface area contributed by atoms with Gasteiger partial charge in [0, 0.05) is 18.3 Å². The van der Waals surface area contributed by atoms with E-state index in [0.29, 0.717) is 12.4 Å². The van der Waals surface area contributed by atoms with Crippen molar-refractivity contribution < 1.29 is 13.6 Å². The van der Waals surface area contributed by atoms with Crippen LogP contribution < -0.4 is 10.6 Å². The smallest absolute Gasteiger partial charge is 0.256 e. The summed E-state index contributed by atoms with van der Waals surface area (Å²) in [5.74, 6) is -1.72. The summed E-state index contributed by atoms with van der Waals surface area (Å²) in [4.78, 5) is 16.5. The molecule has 3 rings (SSSR count). The van der Waals surface area contributed by atoms with Crippen molar-refractivity contribution in [2.75, 3.05) is 17.2 Å². The van der Waals surface area contributed by atoms with E-state index in [-0.39, 0.29) is 5.56 Å². The minimum atomic E-state index is -0.823. The summed E-state index contributed by atoms with van der Waals surface area (Å²) >= 11 is 0. The minimum absolute atomic E-state index is 0.262. The molecule has 0 spiro atoms. The summed E-state index contributed by atoms with van der Waals surface area (Å²) in [7, 11) is 0. The molecule has 0 fully saturated rings. The van der Waals surface area contributed by atoms with Crippen molar-refractivity contribution in [2.45, 2.75) is 12.8 Å². The molecule has 0 aliphatic carbocycles. The quantitative estimate of drug-likeness (QED) is 0.598. The van der Waals surface area contributed by atoms with Crippen molar-refractivity contribution in [1.82, 2.24) is 4.98 Å². The molecule has 2 N–H and O–H groups in total. The van der Waals surface area contributed by atoms with Crippen LogP contribution in [0.15, 0.2) is 66.9 Å². The Morgan fingerprint density at radius 2 is 1.70 bits per heavy atom. The van der Waals surface area contributed by atoms with Gasteiger partial charge in [0.05, 0.1) is 0 Å². The second kappa shape index (κ2) is 8.89. The maximum absolute atomic E-state index is 13.7. The monoisotopic (exact) mass is 367 g/mol. The number of amides is 1. The van der Waals surface area contributed by atoms with E-state index in [1.807, 2.05) is 18.2 Å². The number of hydrogen-bond acceptors (Lipinski definition) is 3. The Labute approximate surface area is 156 Å². The number of aryl methyl sites for hydroxylation is 1. The van der Waals surface area contributed by atoms with Gasteiger partial charge in [-0.2, -0.15) is 0 Å². The maximum Gasteiger partial charge on any atom is 0.256 e. The Bertz CT molecular complexity index is 896. The van der Waals surface area contributed by atoms with Crippen molar-refractivity contribution in [3.05, 3.63) is 89.6 Å². The zero-order valence-electron chi connectivity index (χ0n) is 14.6. The first-order valence-corrected chi connectivity index (χ1v) is 8.63. The zero-order chi connectivity index (χ0) is 19.1. The molecule has 0 bridgehead atoms. The normalized spacial score (nSPS) is 10.4. The van der Waals surface area contributed by atoms with Crippen molar-refractivity contribution >= 4 is 17.4 Å². The van der Waals surface area contributed by atoms with Gasteiger partial charge in [0.25, 0.3) is 5.91 Å². The van der Waals surface area contributed by atoms with Gasteiger partial charge in [-0.15, -0.1) is 0 Å². The lowest BCUT2D eigenvalue weighted by Crippen LogP contribution is -2.15. The highest BCUT2D eigenvalue weighted by Crippen LogP contribution is 2.19. The lowest BCUT2D eigenvalue weighted by atomic mass is 10.1. The van der Waals surface area contributed by atoms with Gasteiger partial charge in [-0.05, 0) is 42.7 Å². The van der Waals surface area contributed by atoms with E-state index in [2.05, 4.69) is 27.8 Å². The number of pyridine rings is 1. The van der Waals surface area contributed by atoms with Crippen LogP contribution in [0.25, 0.3) is 0 Å². The van der Waals surface area contributed by atoms with Gasteiger partial charge in [0.15, 0.2) is 0 Å². The molecule has 0 unspecified atom stereocenters. The predicted octanol–water partition coefficient (Wildman–Crippen LogP) is 4.66. The fourth-order valence-corrected chi connectivity index (χ4v) is 2.63. The first-order valence-electron chi connectivity index (χ1n) is 8.63. The molecule has 27 heavy (non-hydrogen) atoms. The van der Waals surface area contributed by atoms with Crippen LogP contribution in [-0.2, 0) is 6.42 Å². The van der Waals surface area contributed by atoms with E-state index in [9.17, 15) is 13.6 Å². The minimum Gasteiger partial charge on any atom is -0.370 e. The molecule has 0 aliphatic heterocycles. The van der Waals surface area contributed by atoms with E-state index in [4.69, 9.17) is 0 Å². The molecule has 2 aromatic carbocycles. The molecule has 0 saturated heterocycles. The van der Waals surface area contributed by atoms with E-state index in [1.54, 1.807) is 6.07 Å². The van der Waals surface area contributed by atoms with Crippen LogP contribution in [0.2, 0.25) is 0 Å². The Hall–Kier alpha value is -3.28. The third-order valence-corrected chi connectivity index (χ3v) is 4.01. The summed E-state index contributed by atoms with van der Waals surface area (Å²) in [5.41, 5.74) is 1.06. The first-order chi connectivity index (χ1) is 13.1. The van der Waals surface area contributed by atoms with Gasteiger partial charge in [-0.1, -0.05) is 36.4 Å². The third kappa shape index (κ3) is 5.10. The number of rotatable bonds is 7. The van der Waals surface area contributed by atoms with Crippen molar-refractivity contribution in [1.29, 1.82) is 0 Å². The van der Waals surface area contributed by atoms with Crippen LogP contribution >= 0.6 is 0 Å². The van der Waals surface area contributed by atoms with Crippen LogP contribution in [0.3, 0.4) is 0 Å². The number of benzene rings is 2. The molecule has 3 aromatic rings. The number of halogens is 2. The number of anilines is 2. The van der Waals surface area contributed by atoms with Crippen molar-refractivity contribution in [3.8, 4) is 0 Å². The van der Waals surface area contributed by atoms with Gasteiger partial charge >= 0.3 is 0 Å². The maximum atomic E-state index is 13.7. The Kier molecular flexibility index (Phi) is 6.10. The fourth-order valence-electron chi connectivity index (χ4n) is 2.63. The fraction of sp³-hybridized carbons (Fsp3) is 0.143. The second-order valence-electron chi connectivity index (χ2n) is 6.00. The van der Waals surface area contributed by atoms with Gasteiger partial charge in [-0.3, -0.25) is 4.79 Å². The molecule has 138 valence electrons. The van der Waals surface area contributed by atoms with Crippen LogP contribution in [0.1, 0.15) is 22.3 Å².